The molecule has 1 atom stereocenters. The summed E-state index contributed by atoms with van der Waals surface area (Å²) >= 11 is 11.4. The Kier molecular flexibility index (Phi) is 6.84. The van der Waals surface area contributed by atoms with Gasteiger partial charge in [0.05, 0.1) is 27.2 Å². The molecule has 0 amide bonds. The number of nitrogens with zero attached hydrogens (tertiary/aromatic N) is 1. The average Bonchev–Trinajstić information content (AvgIpc) is 2.65. The van der Waals surface area contributed by atoms with E-state index in [1.54, 1.807) is 0 Å². The maximum Gasteiger partial charge on any atom is 0.417 e. The molecule has 0 heterocycles. The first kappa shape index (κ1) is 23.7. The molecular weight excluding hydrogens is 462 g/mol. The van der Waals surface area contributed by atoms with Crippen LogP contribution in [0.5, 0.6) is 0 Å². The van der Waals surface area contributed by atoms with Crippen molar-refractivity contribution in [2.75, 3.05) is 0 Å². The number of allylic oxidation sites excluding steroid dienone is 1. The summed E-state index contributed by atoms with van der Waals surface area (Å²) in [5, 5.41) is 8.06. The van der Waals surface area contributed by atoms with Crippen LogP contribution in [0.3, 0.4) is 0 Å². The van der Waals surface area contributed by atoms with E-state index in [9.17, 15) is 35.5 Å². The molecule has 2 aromatic carbocycles. The minimum absolute atomic E-state index is 0.0513. The van der Waals surface area contributed by atoms with E-state index in [0.717, 1.165) is 18.2 Å². The third-order valence-corrected chi connectivity index (χ3v) is 4.77. The van der Waals surface area contributed by atoms with Gasteiger partial charge in [0.1, 0.15) is 11.7 Å². The maximum atomic E-state index is 14.5. The highest BCUT2D eigenvalue weighted by Crippen LogP contribution is 2.41. The Morgan fingerprint density at radius 3 is 2.20 bits per heavy atom. The van der Waals surface area contributed by atoms with Gasteiger partial charge in [-0.15, -0.1) is 0 Å². The molecule has 11 heteroatoms. The second-order valence-corrected chi connectivity index (χ2v) is 6.71. The number of hydrogen-bond acceptors (Lipinski definition) is 2. The smallest absolute Gasteiger partial charge is 0.298 e. The molecule has 30 heavy (non-hydrogen) atoms. The first-order valence-corrected chi connectivity index (χ1v) is 8.55. The fourth-order valence-corrected chi connectivity index (χ4v) is 2.93. The molecule has 0 aliphatic rings. The van der Waals surface area contributed by atoms with E-state index in [-0.39, 0.29) is 29.0 Å². The molecule has 0 N–H and O–H groups in total. The Bertz CT molecular complexity index is 1050. The number of benzene rings is 2. The summed E-state index contributed by atoms with van der Waals surface area (Å²) in [5.74, 6) is -4.26. The lowest BCUT2D eigenvalue weighted by Crippen LogP contribution is -2.19. The highest BCUT2D eigenvalue weighted by Gasteiger charge is 2.40. The highest BCUT2D eigenvalue weighted by molar-refractivity contribution is 6.43. The molecule has 1 unspecified atom stereocenters. The molecule has 0 aliphatic carbocycles. The monoisotopic (exact) mass is 469 g/mol. The van der Waals surface area contributed by atoms with E-state index in [0.29, 0.717) is 6.07 Å². The van der Waals surface area contributed by atoms with Crippen molar-refractivity contribution in [2.24, 2.45) is 0 Å². The van der Waals surface area contributed by atoms with E-state index >= 15 is 0 Å². The van der Waals surface area contributed by atoms with E-state index < -0.39 is 51.4 Å². The summed E-state index contributed by atoms with van der Waals surface area (Å²) in [6.07, 6.45) is -9.89. The van der Waals surface area contributed by atoms with Crippen LogP contribution in [0.4, 0.5) is 30.7 Å². The number of alkyl halides is 6. The van der Waals surface area contributed by atoms with Crippen molar-refractivity contribution < 1.29 is 35.5 Å². The van der Waals surface area contributed by atoms with Crippen LogP contribution >= 0.6 is 23.2 Å². The average molecular weight is 470 g/mol. The summed E-state index contributed by atoms with van der Waals surface area (Å²) in [4.78, 5) is 11.0. The largest absolute Gasteiger partial charge is 0.417 e. The van der Waals surface area contributed by atoms with Gasteiger partial charge in [0, 0.05) is 11.1 Å². The van der Waals surface area contributed by atoms with Crippen LogP contribution in [0.25, 0.3) is 5.83 Å². The van der Waals surface area contributed by atoms with Gasteiger partial charge in [-0.3, -0.25) is 4.79 Å². The van der Waals surface area contributed by atoms with Gasteiger partial charge >= 0.3 is 12.4 Å². The molecule has 0 bridgehead atoms. The van der Waals surface area contributed by atoms with Crippen LogP contribution < -0.4 is 0 Å². The van der Waals surface area contributed by atoms with Crippen LogP contribution in [0.15, 0.2) is 36.4 Å². The third-order valence-electron chi connectivity index (χ3n) is 3.95. The summed E-state index contributed by atoms with van der Waals surface area (Å²) in [6.45, 7) is 0. The lowest BCUT2D eigenvalue weighted by molar-refractivity contribution is -0.140. The van der Waals surface area contributed by atoms with E-state index in [1.807, 2.05) is 0 Å². The minimum atomic E-state index is -5.08. The van der Waals surface area contributed by atoms with Gasteiger partial charge in [0.2, 0.25) is 0 Å². The summed E-state index contributed by atoms with van der Waals surface area (Å²) < 4.78 is 94.2. The minimum Gasteiger partial charge on any atom is -0.298 e. The van der Waals surface area contributed by atoms with Crippen molar-refractivity contribution in [3.63, 3.8) is 0 Å². The van der Waals surface area contributed by atoms with Crippen molar-refractivity contribution in [3.8, 4) is 6.07 Å². The van der Waals surface area contributed by atoms with Crippen molar-refractivity contribution in [2.45, 2.75) is 18.3 Å². The molecule has 0 radical (unpaired) electrons. The SMILES string of the molecule is N#Cc1ccc(/C(F)=C/C(c2cc(Cl)c(Cl)c(C=O)c2)C(F)(F)F)cc1C(F)(F)F. The molecule has 0 saturated heterocycles. The lowest BCUT2D eigenvalue weighted by atomic mass is 9.94. The zero-order valence-electron chi connectivity index (χ0n) is 14.4. The normalized spacial score (nSPS) is 13.7. The van der Waals surface area contributed by atoms with Gasteiger partial charge in [0.25, 0.3) is 0 Å². The van der Waals surface area contributed by atoms with Crippen molar-refractivity contribution in [1.29, 1.82) is 5.26 Å². The van der Waals surface area contributed by atoms with Crippen LogP contribution in [0, 0.1) is 11.3 Å². The zero-order chi connectivity index (χ0) is 22.9. The topological polar surface area (TPSA) is 40.9 Å². The fourth-order valence-electron chi connectivity index (χ4n) is 2.54. The van der Waals surface area contributed by atoms with Gasteiger partial charge in [-0.25, -0.2) is 4.39 Å². The van der Waals surface area contributed by atoms with Crippen LogP contribution in [0.2, 0.25) is 10.0 Å². The third kappa shape index (κ3) is 5.12. The Hall–Kier alpha value is -2.57. The highest BCUT2D eigenvalue weighted by atomic mass is 35.5. The van der Waals surface area contributed by atoms with Crippen molar-refractivity contribution in [3.05, 3.63) is 74.3 Å². The number of hydrogen-bond donors (Lipinski definition) is 0. The second-order valence-electron chi connectivity index (χ2n) is 5.93. The number of carbonyl (C=O) groups is 1. The fraction of sp³-hybridized carbons (Fsp3) is 0.158. The van der Waals surface area contributed by atoms with Crippen LogP contribution in [-0.2, 0) is 6.18 Å². The molecule has 0 aliphatic heterocycles. The number of rotatable bonds is 4. The van der Waals surface area contributed by atoms with Gasteiger partial charge in [-0.05, 0) is 35.9 Å². The molecule has 0 aromatic heterocycles. The second kappa shape index (κ2) is 8.66. The van der Waals surface area contributed by atoms with Crippen molar-refractivity contribution >= 4 is 35.3 Å². The predicted octanol–water partition coefficient (Wildman–Crippen LogP) is 7.35. The standard InChI is InChI=1S/C19H8Cl2F7NO/c20-15-5-11(3-12(8-30)17(15)21)14(19(26,27)28)6-16(22)9-1-2-10(7-29)13(4-9)18(23,24)25/h1-6,8,14H/b16-6-. The summed E-state index contributed by atoms with van der Waals surface area (Å²) in [5.41, 5.74) is -4.14. The molecule has 0 saturated carbocycles. The van der Waals surface area contributed by atoms with Crippen molar-refractivity contribution in [1.82, 2.24) is 0 Å². The molecule has 0 spiro atoms. The lowest BCUT2D eigenvalue weighted by Gasteiger charge is -2.19. The first-order valence-electron chi connectivity index (χ1n) is 7.79. The Balaban J connectivity index is 2.63. The van der Waals surface area contributed by atoms with E-state index in [1.165, 1.54) is 6.07 Å². The van der Waals surface area contributed by atoms with Gasteiger partial charge in [0.15, 0.2) is 6.29 Å². The molecule has 2 nitrogen and oxygen atoms in total. The molecule has 2 rings (SSSR count). The van der Waals surface area contributed by atoms with Gasteiger partial charge in [-0.1, -0.05) is 29.3 Å². The van der Waals surface area contributed by atoms with Gasteiger partial charge in [-0.2, -0.15) is 31.6 Å². The molecule has 0 fully saturated rings. The quantitative estimate of drug-likeness (QED) is 0.346. The maximum absolute atomic E-state index is 14.5. The number of nitriles is 1. The predicted molar refractivity (Wildman–Crippen MR) is 95.9 cm³/mol. The molecule has 158 valence electrons. The molecule has 2 aromatic rings. The number of halogens is 9. The summed E-state index contributed by atoms with van der Waals surface area (Å²) in [7, 11) is 0. The van der Waals surface area contributed by atoms with E-state index in [2.05, 4.69) is 0 Å². The Morgan fingerprint density at radius 1 is 1.07 bits per heavy atom. The van der Waals surface area contributed by atoms with Gasteiger partial charge < -0.3 is 0 Å². The zero-order valence-corrected chi connectivity index (χ0v) is 15.9. The summed E-state index contributed by atoms with van der Waals surface area (Å²) in [6, 6.07) is 4.45. The number of aldehydes is 1. The van der Waals surface area contributed by atoms with Crippen LogP contribution in [-0.4, -0.2) is 12.5 Å². The van der Waals surface area contributed by atoms with Crippen LogP contribution in [0.1, 0.15) is 38.5 Å². The Morgan fingerprint density at radius 2 is 1.70 bits per heavy atom. The first-order chi connectivity index (χ1) is 13.8. The molecular formula is C19H8Cl2F7NO. The Labute approximate surface area is 175 Å². The van der Waals surface area contributed by atoms with E-state index in [4.69, 9.17) is 28.5 Å². The number of carbonyl (C=O) groups excluding carboxylic acids is 1.